The zero-order chi connectivity index (χ0) is 20.7. The topological polar surface area (TPSA) is 103 Å². The van der Waals surface area contributed by atoms with Crippen molar-refractivity contribution in [3.8, 4) is 11.5 Å². The first-order valence-electron chi connectivity index (χ1n) is 8.63. The number of hydrogen-bond donors (Lipinski definition) is 1. The van der Waals surface area contributed by atoms with E-state index in [1.807, 2.05) is 12.1 Å². The first kappa shape index (κ1) is 20.5. The Morgan fingerprint density at radius 1 is 1.21 bits per heavy atom. The Kier molecular flexibility index (Phi) is 5.35. The summed E-state index contributed by atoms with van der Waals surface area (Å²) < 4.78 is 35.0. The molecule has 3 rings (SSSR count). The molecule has 0 fully saturated rings. The van der Waals surface area contributed by atoms with Crippen LogP contribution in [0.3, 0.4) is 0 Å². The second-order valence-electron chi connectivity index (χ2n) is 7.51. The second-order valence-corrected chi connectivity index (χ2v) is 9.54. The quantitative estimate of drug-likeness (QED) is 0.675. The van der Waals surface area contributed by atoms with E-state index in [9.17, 15) is 8.42 Å². The van der Waals surface area contributed by atoms with Gasteiger partial charge in [0.1, 0.15) is 11.4 Å². The number of aromatic nitrogens is 4. The molecular weight excluding hydrogens is 402 g/mol. The molecule has 10 heteroatoms. The van der Waals surface area contributed by atoms with Crippen LogP contribution < -0.4 is 4.72 Å². The molecule has 2 aromatic heterocycles. The van der Waals surface area contributed by atoms with E-state index in [2.05, 4.69) is 20.0 Å². The van der Waals surface area contributed by atoms with Gasteiger partial charge < -0.3 is 4.52 Å². The van der Waals surface area contributed by atoms with E-state index in [1.165, 1.54) is 0 Å². The molecule has 0 bridgehead atoms. The van der Waals surface area contributed by atoms with Gasteiger partial charge in [-0.05, 0) is 46.8 Å². The Balaban J connectivity index is 1.90. The van der Waals surface area contributed by atoms with E-state index < -0.39 is 15.6 Å². The summed E-state index contributed by atoms with van der Waals surface area (Å²) in [5, 5.41) is 8.82. The minimum atomic E-state index is -3.71. The highest BCUT2D eigenvalue weighted by Crippen LogP contribution is 2.26. The van der Waals surface area contributed by atoms with Crippen molar-refractivity contribution in [2.75, 3.05) is 0 Å². The van der Waals surface area contributed by atoms with Crippen LogP contribution in [0.2, 0.25) is 5.02 Å². The summed E-state index contributed by atoms with van der Waals surface area (Å²) in [6.45, 7) is 8.89. The average molecular weight is 424 g/mol. The van der Waals surface area contributed by atoms with Gasteiger partial charge in [-0.25, -0.2) is 13.1 Å². The molecule has 0 saturated heterocycles. The molecule has 28 heavy (non-hydrogen) atoms. The van der Waals surface area contributed by atoms with Crippen LogP contribution in [0.25, 0.3) is 11.5 Å². The molecular formula is C18H22ClN5O3S. The average Bonchev–Trinajstić information content (AvgIpc) is 3.11. The Bertz CT molecular complexity index is 1110. The van der Waals surface area contributed by atoms with Gasteiger partial charge in [0.15, 0.2) is 5.82 Å². The number of rotatable bonds is 5. The van der Waals surface area contributed by atoms with Crippen LogP contribution in [-0.4, -0.2) is 33.9 Å². The van der Waals surface area contributed by atoms with Gasteiger partial charge >= 0.3 is 0 Å². The molecule has 0 aliphatic heterocycles. The van der Waals surface area contributed by atoms with Gasteiger partial charge in [-0.1, -0.05) is 28.9 Å². The largest absolute Gasteiger partial charge is 0.334 e. The lowest BCUT2D eigenvalue weighted by molar-refractivity contribution is 0.418. The summed E-state index contributed by atoms with van der Waals surface area (Å²) in [5.41, 5.74) is 0.938. The molecule has 3 aromatic rings. The number of nitrogens with zero attached hydrogens (tertiary/aromatic N) is 4. The lowest BCUT2D eigenvalue weighted by Gasteiger charge is -2.20. The van der Waals surface area contributed by atoms with Crippen molar-refractivity contribution in [3.63, 3.8) is 0 Å². The smallest absolute Gasteiger partial charge is 0.259 e. The van der Waals surface area contributed by atoms with Gasteiger partial charge in [-0.15, -0.1) is 0 Å². The number of benzene rings is 1. The molecule has 1 aromatic carbocycles. The monoisotopic (exact) mass is 423 g/mol. The number of halogens is 1. The van der Waals surface area contributed by atoms with E-state index >= 15 is 0 Å². The molecule has 150 valence electrons. The summed E-state index contributed by atoms with van der Waals surface area (Å²) in [7, 11) is -3.71. The van der Waals surface area contributed by atoms with E-state index in [1.54, 1.807) is 51.4 Å². The van der Waals surface area contributed by atoms with Gasteiger partial charge in [0.2, 0.25) is 10.0 Å². The predicted molar refractivity (Wildman–Crippen MR) is 106 cm³/mol. The Morgan fingerprint density at radius 3 is 2.54 bits per heavy atom. The van der Waals surface area contributed by atoms with Crippen molar-refractivity contribution in [2.24, 2.45) is 0 Å². The fourth-order valence-corrected chi connectivity index (χ4v) is 4.92. The zero-order valence-corrected chi connectivity index (χ0v) is 17.9. The lowest BCUT2D eigenvalue weighted by Crippen LogP contribution is -2.40. The number of sulfonamides is 1. The maximum Gasteiger partial charge on any atom is 0.259 e. The maximum atomic E-state index is 12.8. The maximum absolute atomic E-state index is 12.8. The molecule has 0 atom stereocenters. The Hall–Kier alpha value is -2.23. The van der Waals surface area contributed by atoms with Crippen molar-refractivity contribution >= 4 is 21.6 Å². The third kappa shape index (κ3) is 4.26. The molecule has 0 amide bonds. The van der Waals surface area contributed by atoms with Crippen LogP contribution in [0.5, 0.6) is 0 Å². The highest BCUT2D eigenvalue weighted by atomic mass is 35.5. The predicted octanol–water partition coefficient (Wildman–Crippen LogP) is 3.33. The zero-order valence-electron chi connectivity index (χ0n) is 16.3. The van der Waals surface area contributed by atoms with Crippen LogP contribution in [0.15, 0.2) is 33.7 Å². The molecule has 0 saturated carbocycles. The molecule has 0 spiro atoms. The highest BCUT2D eigenvalue weighted by molar-refractivity contribution is 7.89. The van der Waals surface area contributed by atoms with Crippen molar-refractivity contribution in [1.29, 1.82) is 0 Å². The van der Waals surface area contributed by atoms with E-state index in [0.29, 0.717) is 33.7 Å². The normalized spacial score (nSPS) is 12.5. The van der Waals surface area contributed by atoms with Crippen molar-refractivity contribution < 1.29 is 12.9 Å². The highest BCUT2D eigenvalue weighted by Gasteiger charge is 2.29. The first-order valence-corrected chi connectivity index (χ1v) is 10.5. The Morgan fingerprint density at radius 2 is 1.89 bits per heavy atom. The fourth-order valence-electron chi connectivity index (χ4n) is 2.87. The van der Waals surface area contributed by atoms with Crippen molar-refractivity contribution in [3.05, 3.63) is 46.5 Å². The third-order valence-electron chi connectivity index (χ3n) is 3.89. The minimum Gasteiger partial charge on any atom is -0.334 e. The summed E-state index contributed by atoms with van der Waals surface area (Å²) in [6.07, 6.45) is 0. The van der Waals surface area contributed by atoms with Gasteiger partial charge in [0.25, 0.3) is 5.89 Å². The van der Waals surface area contributed by atoms with E-state index in [4.69, 9.17) is 16.1 Å². The van der Waals surface area contributed by atoms with Gasteiger partial charge in [-0.2, -0.15) is 10.1 Å². The molecule has 0 unspecified atom stereocenters. The number of hydrogen-bond acceptors (Lipinski definition) is 6. The van der Waals surface area contributed by atoms with Gasteiger partial charge in [0.05, 0.1) is 22.0 Å². The summed E-state index contributed by atoms with van der Waals surface area (Å²) in [4.78, 5) is 4.51. The summed E-state index contributed by atoms with van der Waals surface area (Å²) >= 11 is 6.16. The SMILES string of the molecule is Cc1nn(Cc2noc(-c3ccccc3Cl)n2)c(C)c1S(=O)(=O)NC(C)(C)C. The van der Waals surface area contributed by atoms with E-state index in [-0.39, 0.29) is 11.4 Å². The van der Waals surface area contributed by atoms with Crippen LogP contribution in [0, 0.1) is 13.8 Å². The molecule has 1 N–H and O–H groups in total. The number of nitrogens with one attached hydrogen (secondary N) is 1. The van der Waals surface area contributed by atoms with Crippen LogP contribution in [-0.2, 0) is 16.6 Å². The number of aryl methyl sites for hydroxylation is 1. The van der Waals surface area contributed by atoms with Gasteiger partial charge in [0, 0.05) is 5.54 Å². The second kappa shape index (κ2) is 7.31. The van der Waals surface area contributed by atoms with Crippen molar-refractivity contribution in [2.45, 2.75) is 51.6 Å². The minimum absolute atomic E-state index is 0.164. The molecule has 0 aliphatic carbocycles. The summed E-state index contributed by atoms with van der Waals surface area (Å²) in [5.74, 6) is 0.664. The third-order valence-corrected chi connectivity index (χ3v) is 6.23. The standard InChI is InChI=1S/C18H22ClN5O3S/c1-11-16(28(25,26)23-18(3,4)5)12(2)24(21-11)10-15-20-17(27-22-15)13-8-6-7-9-14(13)19/h6-9,23H,10H2,1-5H3. The molecule has 0 aliphatic rings. The molecule has 2 heterocycles. The van der Waals surface area contributed by atoms with Crippen LogP contribution >= 0.6 is 11.6 Å². The van der Waals surface area contributed by atoms with Crippen LogP contribution in [0.4, 0.5) is 0 Å². The molecule has 0 radical (unpaired) electrons. The fraction of sp³-hybridized carbons (Fsp3) is 0.389. The molecule has 8 nitrogen and oxygen atoms in total. The Labute approximate surface area is 169 Å². The first-order chi connectivity index (χ1) is 13.0. The van der Waals surface area contributed by atoms with Crippen molar-refractivity contribution in [1.82, 2.24) is 24.6 Å². The van der Waals surface area contributed by atoms with Crippen LogP contribution in [0.1, 0.15) is 38.0 Å². The summed E-state index contributed by atoms with van der Waals surface area (Å²) in [6, 6.07) is 7.16. The lowest BCUT2D eigenvalue weighted by atomic mass is 10.1. The van der Waals surface area contributed by atoms with E-state index in [0.717, 1.165) is 0 Å². The van der Waals surface area contributed by atoms with Gasteiger partial charge in [-0.3, -0.25) is 4.68 Å².